The van der Waals surface area contributed by atoms with Crippen LogP contribution >= 0.6 is 0 Å². The molecule has 0 aromatic heterocycles. The summed E-state index contributed by atoms with van der Waals surface area (Å²) in [7, 11) is 0. The van der Waals surface area contributed by atoms with Crippen LogP contribution in [0.2, 0.25) is 0 Å². The Morgan fingerprint density at radius 3 is 0.667 bits per heavy atom. The molecular formula is C51H99N3O6. The standard InChI is InChI=1S/3C14H31N.C9H6O6/c3*1-5-6-7-8-9-10-11-12-13-15-14(2,3)4;10-7(11)4-1-5(8(12)13)3-6(2-4)9(14)15/h3*15H,5-13H2,1-4H3;1-3H,(H,10,11)(H,12,13)(H,14,15). The lowest BCUT2D eigenvalue weighted by molar-refractivity contribution is 0.0696. The van der Waals surface area contributed by atoms with Gasteiger partial charge in [0.25, 0.3) is 0 Å². The number of hydrogen-bond acceptors (Lipinski definition) is 6. The summed E-state index contributed by atoms with van der Waals surface area (Å²) < 4.78 is 0. The lowest BCUT2D eigenvalue weighted by Gasteiger charge is -2.20. The molecule has 0 aliphatic carbocycles. The molecule has 354 valence electrons. The van der Waals surface area contributed by atoms with Crippen LogP contribution in [-0.4, -0.2) is 69.5 Å². The van der Waals surface area contributed by atoms with Gasteiger partial charge in [0.15, 0.2) is 0 Å². The average molecular weight is 850 g/mol. The highest BCUT2D eigenvalue weighted by atomic mass is 16.4. The highest BCUT2D eigenvalue weighted by Crippen LogP contribution is 2.13. The molecule has 1 aromatic rings. The van der Waals surface area contributed by atoms with Crippen LogP contribution in [0.4, 0.5) is 0 Å². The van der Waals surface area contributed by atoms with Crippen molar-refractivity contribution < 1.29 is 29.7 Å². The smallest absolute Gasteiger partial charge is 0.335 e. The van der Waals surface area contributed by atoms with Gasteiger partial charge in [0.2, 0.25) is 0 Å². The van der Waals surface area contributed by atoms with Gasteiger partial charge in [-0.2, -0.15) is 0 Å². The Morgan fingerprint density at radius 1 is 0.350 bits per heavy atom. The van der Waals surface area contributed by atoms with Gasteiger partial charge in [-0.1, -0.05) is 156 Å². The third-order valence-corrected chi connectivity index (χ3v) is 9.73. The molecule has 9 heteroatoms. The van der Waals surface area contributed by atoms with E-state index >= 15 is 0 Å². The van der Waals surface area contributed by atoms with Crippen LogP contribution in [0, 0.1) is 0 Å². The molecule has 0 saturated carbocycles. The summed E-state index contributed by atoms with van der Waals surface area (Å²) in [4.78, 5) is 31.7. The number of nitrogens with one attached hydrogen (secondary N) is 3. The Kier molecular flexibility index (Phi) is 40.5. The number of unbranched alkanes of at least 4 members (excludes halogenated alkanes) is 21. The van der Waals surface area contributed by atoms with Gasteiger partial charge in [-0.05, 0) is 119 Å². The monoisotopic (exact) mass is 850 g/mol. The van der Waals surface area contributed by atoms with E-state index < -0.39 is 17.9 Å². The first-order valence-electron chi connectivity index (χ1n) is 24.2. The fourth-order valence-corrected chi connectivity index (χ4v) is 6.16. The number of hydrogen-bond donors (Lipinski definition) is 6. The first kappa shape index (κ1) is 61.8. The fraction of sp³-hybridized carbons (Fsp3) is 0.824. The number of benzene rings is 1. The van der Waals surface area contributed by atoms with Crippen LogP contribution < -0.4 is 16.0 Å². The molecule has 0 saturated heterocycles. The van der Waals surface area contributed by atoms with Gasteiger partial charge in [0, 0.05) is 16.6 Å². The number of aromatic carboxylic acids is 3. The maximum Gasteiger partial charge on any atom is 0.335 e. The first-order valence-corrected chi connectivity index (χ1v) is 24.2. The third-order valence-electron chi connectivity index (χ3n) is 9.73. The maximum absolute atomic E-state index is 10.6. The molecule has 0 radical (unpaired) electrons. The van der Waals surface area contributed by atoms with E-state index in [0.717, 1.165) is 18.2 Å². The Bertz CT molecular complexity index is 1010. The zero-order valence-electron chi connectivity index (χ0n) is 41.4. The van der Waals surface area contributed by atoms with Crippen molar-refractivity contribution in [1.29, 1.82) is 0 Å². The second-order valence-electron chi connectivity index (χ2n) is 19.7. The summed E-state index contributed by atoms with van der Waals surface area (Å²) in [5, 5.41) is 36.4. The molecule has 1 aromatic carbocycles. The van der Waals surface area contributed by atoms with Crippen molar-refractivity contribution >= 4 is 17.9 Å². The molecule has 0 spiro atoms. The van der Waals surface area contributed by atoms with E-state index in [1.54, 1.807) is 0 Å². The van der Waals surface area contributed by atoms with Crippen LogP contribution in [0.5, 0.6) is 0 Å². The molecule has 0 fully saturated rings. The van der Waals surface area contributed by atoms with E-state index in [1.807, 2.05) is 0 Å². The molecule has 0 bridgehead atoms. The van der Waals surface area contributed by atoms with Crippen molar-refractivity contribution in [1.82, 2.24) is 16.0 Å². The lowest BCUT2D eigenvalue weighted by Crippen LogP contribution is -2.36. The van der Waals surface area contributed by atoms with Crippen molar-refractivity contribution in [2.75, 3.05) is 19.6 Å². The van der Waals surface area contributed by atoms with Gasteiger partial charge < -0.3 is 31.3 Å². The van der Waals surface area contributed by atoms with Crippen LogP contribution in [0.1, 0.15) is 268 Å². The summed E-state index contributed by atoms with van der Waals surface area (Å²) in [5.74, 6) is -4.12. The van der Waals surface area contributed by atoms with E-state index in [2.05, 4.69) is 99.0 Å². The Morgan fingerprint density at radius 2 is 0.517 bits per heavy atom. The first-order chi connectivity index (χ1) is 28.1. The number of carbonyl (C=O) groups is 3. The normalized spacial score (nSPS) is 11.4. The summed E-state index contributed by atoms with van der Waals surface area (Å²) in [5.41, 5.74) is -0.226. The van der Waals surface area contributed by atoms with E-state index in [4.69, 9.17) is 15.3 Å². The minimum absolute atomic E-state index is 0.293. The van der Waals surface area contributed by atoms with Gasteiger partial charge in [-0.15, -0.1) is 0 Å². The zero-order chi connectivity index (χ0) is 46.3. The predicted octanol–water partition coefficient (Wildman–Crippen LogP) is 14.3. The molecule has 0 aliphatic heterocycles. The van der Waals surface area contributed by atoms with Gasteiger partial charge in [-0.3, -0.25) is 0 Å². The fourth-order valence-electron chi connectivity index (χ4n) is 6.16. The van der Waals surface area contributed by atoms with E-state index in [0.29, 0.717) is 16.6 Å². The van der Waals surface area contributed by atoms with Crippen LogP contribution in [-0.2, 0) is 0 Å². The minimum atomic E-state index is -1.37. The second-order valence-corrected chi connectivity index (χ2v) is 19.7. The molecule has 6 N–H and O–H groups in total. The largest absolute Gasteiger partial charge is 0.478 e. The molecule has 0 aliphatic rings. The number of rotatable bonds is 30. The Hall–Kier alpha value is -2.49. The van der Waals surface area contributed by atoms with E-state index in [9.17, 15) is 14.4 Å². The molecule has 0 heterocycles. The predicted molar refractivity (Wildman–Crippen MR) is 258 cm³/mol. The molecule has 0 atom stereocenters. The van der Waals surface area contributed by atoms with Crippen molar-refractivity contribution in [3.63, 3.8) is 0 Å². The minimum Gasteiger partial charge on any atom is -0.478 e. The summed E-state index contributed by atoms with van der Waals surface area (Å²) in [6, 6.07) is 2.70. The van der Waals surface area contributed by atoms with Crippen molar-refractivity contribution in [2.45, 2.75) is 254 Å². The molecule has 0 unspecified atom stereocenters. The van der Waals surface area contributed by atoms with Gasteiger partial charge in [0.1, 0.15) is 0 Å². The second kappa shape index (κ2) is 39.4. The van der Waals surface area contributed by atoms with Crippen molar-refractivity contribution in [3.8, 4) is 0 Å². The molecule has 0 amide bonds. The van der Waals surface area contributed by atoms with Crippen LogP contribution in [0.15, 0.2) is 18.2 Å². The summed E-state index contributed by atoms with van der Waals surface area (Å²) in [6.07, 6.45) is 33.8. The average Bonchev–Trinajstić information content (AvgIpc) is 3.15. The van der Waals surface area contributed by atoms with Crippen molar-refractivity contribution in [3.05, 3.63) is 34.9 Å². The maximum atomic E-state index is 10.6. The quantitative estimate of drug-likeness (QED) is 0.0416. The Labute approximate surface area is 370 Å². The van der Waals surface area contributed by atoms with E-state index in [-0.39, 0.29) is 16.7 Å². The highest BCUT2D eigenvalue weighted by molar-refractivity contribution is 5.98. The van der Waals surface area contributed by atoms with Gasteiger partial charge >= 0.3 is 17.9 Å². The number of carboxylic acids is 3. The summed E-state index contributed by atoms with van der Waals surface area (Å²) in [6.45, 7) is 30.5. The van der Waals surface area contributed by atoms with E-state index in [1.165, 1.54) is 174 Å². The zero-order valence-corrected chi connectivity index (χ0v) is 41.4. The van der Waals surface area contributed by atoms with Gasteiger partial charge in [0.05, 0.1) is 16.7 Å². The topological polar surface area (TPSA) is 148 Å². The third kappa shape index (κ3) is 49.9. The van der Waals surface area contributed by atoms with Crippen LogP contribution in [0.3, 0.4) is 0 Å². The molecule has 60 heavy (non-hydrogen) atoms. The highest BCUT2D eigenvalue weighted by Gasteiger charge is 2.14. The molecular weight excluding hydrogens is 751 g/mol. The Balaban J connectivity index is -0.000000722. The lowest BCUT2D eigenvalue weighted by atomic mass is 10.1. The van der Waals surface area contributed by atoms with Crippen LogP contribution in [0.25, 0.3) is 0 Å². The SMILES string of the molecule is CCCCCCCCCCNC(C)(C)C.CCCCCCCCCCNC(C)(C)C.CCCCCCCCCCNC(C)(C)C.O=C(O)c1cc(C(=O)O)cc(C(=O)O)c1. The summed E-state index contributed by atoms with van der Waals surface area (Å²) >= 11 is 0. The van der Waals surface area contributed by atoms with Gasteiger partial charge in [-0.25, -0.2) is 14.4 Å². The molecule has 1 rings (SSSR count). The number of carboxylic acid groups (broad SMARTS) is 3. The molecule has 9 nitrogen and oxygen atoms in total. The van der Waals surface area contributed by atoms with Crippen molar-refractivity contribution in [2.24, 2.45) is 0 Å².